The summed E-state index contributed by atoms with van der Waals surface area (Å²) in [7, 11) is 0. The molecule has 1 atom stereocenters. The lowest BCUT2D eigenvalue weighted by Gasteiger charge is -2.42. The van der Waals surface area contributed by atoms with Crippen LogP contribution in [0.1, 0.15) is 189 Å². The predicted molar refractivity (Wildman–Crippen MR) is 156 cm³/mol. The van der Waals surface area contributed by atoms with Crippen molar-refractivity contribution in [3.8, 4) is 0 Å². The zero-order chi connectivity index (χ0) is 24.0. The summed E-state index contributed by atoms with van der Waals surface area (Å²) >= 11 is 0. The van der Waals surface area contributed by atoms with Gasteiger partial charge in [0.15, 0.2) is 0 Å². The first-order valence-electron chi connectivity index (χ1n) is 15.2. The minimum absolute atomic E-state index is 0. The van der Waals surface area contributed by atoms with E-state index in [4.69, 9.17) is 5.73 Å². The van der Waals surface area contributed by atoms with Crippen LogP contribution in [-0.4, -0.2) is 5.54 Å². The Balaban J connectivity index is 0. The Morgan fingerprint density at radius 1 is 0.394 bits per heavy atom. The molecule has 1 nitrogen and oxygen atoms in total. The van der Waals surface area contributed by atoms with Gasteiger partial charge in [0.1, 0.15) is 0 Å². The van der Waals surface area contributed by atoms with Crippen molar-refractivity contribution >= 4 is 12.4 Å². The van der Waals surface area contributed by atoms with Crippen molar-refractivity contribution < 1.29 is 0 Å². The fourth-order valence-corrected chi connectivity index (χ4v) is 5.01. The van der Waals surface area contributed by atoms with E-state index in [1.165, 1.54) is 154 Å². The Hall–Kier alpha value is 0.250. The molecular formula is C31H66ClN. The maximum atomic E-state index is 6.84. The van der Waals surface area contributed by atoms with Crippen molar-refractivity contribution in [3.05, 3.63) is 0 Å². The average Bonchev–Trinajstić information content (AvgIpc) is 2.75. The van der Waals surface area contributed by atoms with Crippen LogP contribution in [0.2, 0.25) is 0 Å². The fraction of sp³-hybridized carbons (Fsp3) is 1.00. The molecule has 1 unspecified atom stereocenters. The summed E-state index contributed by atoms with van der Waals surface area (Å²) in [6, 6.07) is 0. The molecule has 0 aliphatic rings. The summed E-state index contributed by atoms with van der Waals surface area (Å²) in [5.74, 6) is 0. The van der Waals surface area contributed by atoms with Crippen LogP contribution in [0.5, 0.6) is 0 Å². The highest BCUT2D eigenvalue weighted by Gasteiger charge is 2.36. The van der Waals surface area contributed by atoms with Gasteiger partial charge in [-0.2, -0.15) is 0 Å². The van der Waals surface area contributed by atoms with Gasteiger partial charge in [-0.25, -0.2) is 0 Å². The highest BCUT2D eigenvalue weighted by atomic mass is 35.5. The van der Waals surface area contributed by atoms with Crippen LogP contribution in [0.25, 0.3) is 0 Å². The van der Waals surface area contributed by atoms with Gasteiger partial charge in [0.05, 0.1) is 0 Å². The second-order valence-corrected chi connectivity index (χ2v) is 11.9. The Morgan fingerprint density at radius 3 is 0.939 bits per heavy atom. The van der Waals surface area contributed by atoms with Gasteiger partial charge in [0, 0.05) is 5.54 Å². The van der Waals surface area contributed by atoms with Crippen LogP contribution >= 0.6 is 12.4 Å². The Kier molecular flexibility index (Phi) is 25.7. The largest absolute Gasteiger partial charge is 0.325 e. The lowest BCUT2D eigenvalue weighted by Crippen LogP contribution is -2.50. The first-order chi connectivity index (χ1) is 15.4. The predicted octanol–water partition coefficient (Wildman–Crippen LogP) is 11.6. The van der Waals surface area contributed by atoms with Crippen molar-refractivity contribution in [1.82, 2.24) is 0 Å². The molecule has 0 aromatic heterocycles. The Morgan fingerprint density at radius 2 is 0.636 bits per heavy atom. The highest BCUT2D eigenvalue weighted by molar-refractivity contribution is 5.85. The molecule has 2 heteroatoms. The van der Waals surface area contributed by atoms with Crippen molar-refractivity contribution in [2.24, 2.45) is 11.1 Å². The fourth-order valence-electron chi connectivity index (χ4n) is 5.01. The molecule has 0 aliphatic carbocycles. The molecule has 33 heavy (non-hydrogen) atoms. The summed E-state index contributed by atoms with van der Waals surface area (Å²) in [6.07, 6.45) is 33.7. The van der Waals surface area contributed by atoms with Crippen LogP contribution in [0.15, 0.2) is 0 Å². The SMILES string of the molecule is CCCCCCCCCCCCCCC(C)(C)C(C)(N)CCCCCCCCCCCC.Cl. The molecule has 0 saturated carbocycles. The van der Waals surface area contributed by atoms with Crippen molar-refractivity contribution in [2.75, 3.05) is 0 Å². The van der Waals surface area contributed by atoms with Gasteiger partial charge in [-0.15, -0.1) is 12.4 Å². The summed E-state index contributed by atoms with van der Waals surface area (Å²) in [6.45, 7) is 11.8. The van der Waals surface area contributed by atoms with Crippen molar-refractivity contribution in [3.63, 3.8) is 0 Å². The third kappa shape index (κ3) is 21.3. The Bertz CT molecular complexity index is 377. The third-order valence-corrected chi connectivity index (χ3v) is 8.25. The normalized spacial score (nSPS) is 13.6. The van der Waals surface area contributed by atoms with E-state index < -0.39 is 0 Å². The van der Waals surface area contributed by atoms with E-state index in [2.05, 4.69) is 34.6 Å². The van der Waals surface area contributed by atoms with E-state index in [0.29, 0.717) is 0 Å². The summed E-state index contributed by atoms with van der Waals surface area (Å²) in [5, 5.41) is 0. The molecule has 0 rings (SSSR count). The number of hydrogen-bond acceptors (Lipinski definition) is 1. The second-order valence-electron chi connectivity index (χ2n) is 11.9. The number of nitrogens with two attached hydrogens (primary N) is 1. The molecule has 0 spiro atoms. The molecule has 0 fully saturated rings. The minimum Gasteiger partial charge on any atom is -0.325 e. The molecule has 0 aromatic rings. The zero-order valence-electron chi connectivity index (χ0n) is 24.0. The van der Waals surface area contributed by atoms with Gasteiger partial charge in [-0.1, -0.05) is 169 Å². The molecule has 2 N–H and O–H groups in total. The molecule has 0 saturated heterocycles. The van der Waals surface area contributed by atoms with Gasteiger partial charge in [0.25, 0.3) is 0 Å². The van der Waals surface area contributed by atoms with E-state index in [1.54, 1.807) is 0 Å². The lowest BCUT2D eigenvalue weighted by molar-refractivity contribution is 0.148. The maximum absolute atomic E-state index is 6.84. The van der Waals surface area contributed by atoms with Gasteiger partial charge in [-0.3, -0.25) is 0 Å². The number of unbranched alkanes of at least 4 members (excludes halogenated alkanes) is 20. The van der Waals surface area contributed by atoms with Crippen LogP contribution in [0.4, 0.5) is 0 Å². The van der Waals surface area contributed by atoms with Gasteiger partial charge >= 0.3 is 0 Å². The molecule has 0 amide bonds. The van der Waals surface area contributed by atoms with E-state index in [1.807, 2.05) is 0 Å². The second kappa shape index (κ2) is 24.0. The number of halogens is 1. The first-order valence-corrected chi connectivity index (χ1v) is 15.2. The number of rotatable bonds is 25. The van der Waals surface area contributed by atoms with Crippen molar-refractivity contribution in [1.29, 1.82) is 0 Å². The van der Waals surface area contributed by atoms with Crippen LogP contribution in [-0.2, 0) is 0 Å². The smallest absolute Gasteiger partial charge is 0.0177 e. The first kappa shape index (κ1) is 35.4. The molecule has 0 heterocycles. The summed E-state index contributed by atoms with van der Waals surface area (Å²) in [5.41, 5.74) is 7.07. The van der Waals surface area contributed by atoms with Crippen molar-refractivity contribution in [2.45, 2.75) is 194 Å². The van der Waals surface area contributed by atoms with Crippen LogP contribution < -0.4 is 5.73 Å². The standard InChI is InChI=1S/C31H65N.ClH/c1-6-8-10-12-14-16-18-19-20-22-24-26-28-30(3,4)31(5,32)29-27-25-23-21-17-15-13-11-9-7-2;/h6-29,32H2,1-5H3;1H. The average molecular weight is 488 g/mol. The van der Waals surface area contributed by atoms with Gasteiger partial charge < -0.3 is 5.73 Å². The quantitative estimate of drug-likeness (QED) is 0.127. The molecule has 0 radical (unpaired) electrons. The molecule has 0 aromatic carbocycles. The molecule has 0 aliphatic heterocycles. The molecular weight excluding hydrogens is 422 g/mol. The third-order valence-electron chi connectivity index (χ3n) is 8.25. The van der Waals surface area contributed by atoms with Crippen LogP contribution in [0, 0.1) is 5.41 Å². The van der Waals surface area contributed by atoms with Crippen LogP contribution in [0.3, 0.4) is 0 Å². The number of hydrogen-bond donors (Lipinski definition) is 1. The minimum atomic E-state index is -0.0229. The van der Waals surface area contributed by atoms with Gasteiger partial charge in [-0.05, 0) is 25.2 Å². The monoisotopic (exact) mass is 487 g/mol. The zero-order valence-corrected chi connectivity index (χ0v) is 24.8. The van der Waals surface area contributed by atoms with E-state index in [-0.39, 0.29) is 23.4 Å². The van der Waals surface area contributed by atoms with Gasteiger partial charge in [0.2, 0.25) is 0 Å². The topological polar surface area (TPSA) is 26.0 Å². The molecule has 0 bridgehead atoms. The highest BCUT2D eigenvalue weighted by Crippen LogP contribution is 2.37. The van der Waals surface area contributed by atoms with E-state index in [9.17, 15) is 0 Å². The maximum Gasteiger partial charge on any atom is 0.0177 e. The molecule has 202 valence electrons. The lowest BCUT2D eigenvalue weighted by atomic mass is 9.68. The van der Waals surface area contributed by atoms with E-state index >= 15 is 0 Å². The van der Waals surface area contributed by atoms with E-state index in [0.717, 1.165) is 0 Å². The summed E-state index contributed by atoms with van der Waals surface area (Å²) < 4.78 is 0. The Labute approximate surface area is 217 Å². The summed E-state index contributed by atoms with van der Waals surface area (Å²) in [4.78, 5) is 0.